The molecule has 0 aliphatic carbocycles. The van der Waals surface area contributed by atoms with E-state index >= 15 is 0 Å². The second-order valence-corrected chi connectivity index (χ2v) is 4.67. The van der Waals surface area contributed by atoms with Crippen molar-refractivity contribution in [3.05, 3.63) is 69.9 Å². The summed E-state index contributed by atoms with van der Waals surface area (Å²) in [6.45, 7) is 0. The molecule has 0 radical (unpaired) electrons. The monoisotopic (exact) mass is 320 g/mol. The van der Waals surface area contributed by atoms with Gasteiger partial charge in [-0.25, -0.2) is 22.9 Å². The number of carboxylic acids is 1. The quantitative estimate of drug-likeness (QED) is 0.787. The van der Waals surface area contributed by atoms with E-state index in [4.69, 9.17) is 5.11 Å². The van der Waals surface area contributed by atoms with Crippen molar-refractivity contribution in [2.75, 3.05) is 0 Å². The van der Waals surface area contributed by atoms with Crippen LogP contribution in [0.25, 0.3) is 16.7 Å². The van der Waals surface area contributed by atoms with Crippen LogP contribution in [0.2, 0.25) is 0 Å². The zero-order valence-electron chi connectivity index (χ0n) is 11.3. The summed E-state index contributed by atoms with van der Waals surface area (Å²) in [7, 11) is 0. The summed E-state index contributed by atoms with van der Waals surface area (Å²) >= 11 is 0. The van der Waals surface area contributed by atoms with Crippen LogP contribution in [0.15, 0.2) is 41.5 Å². The number of pyridine rings is 2. The van der Waals surface area contributed by atoms with Gasteiger partial charge in [0.1, 0.15) is 28.7 Å². The Bertz CT molecular complexity index is 1010. The zero-order valence-corrected chi connectivity index (χ0v) is 11.3. The van der Waals surface area contributed by atoms with Crippen LogP contribution in [0, 0.1) is 17.5 Å². The van der Waals surface area contributed by atoms with Crippen molar-refractivity contribution < 1.29 is 23.1 Å². The van der Waals surface area contributed by atoms with Crippen LogP contribution in [0.1, 0.15) is 10.4 Å². The maximum Gasteiger partial charge on any atom is 0.341 e. The number of carbonyl (C=O) groups is 1. The molecular weight excluding hydrogens is 313 g/mol. The topological polar surface area (TPSA) is 72.2 Å². The van der Waals surface area contributed by atoms with Gasteiger partial charge in [-0.05, 0) is 18.2 Å². The van der Waals surface area contributed by atoms with E-state index in [0.717, 1.165) is 35.2 Å². The van der Waals surface area contributed by atoms with Gasteiger partial charge < -0.3 is 5.11 Å². The number of fused-ring (bicyclic) bond motifs is 1. The first-order valence-corrected chi connectivity index (χ1v) is 6.28. The first-order valence-electron chi connectivity index (χ1n) is 6.28. The molecule has 1 aromatic carbocycles. The van der Waals surface area contributed by atoms with Gasteiger partial charge in [-0.15, -0.1) is 0 Å². The van der Waals surface area contributed by atoms with E-state index in [9.17, 15) is 22.8 Å². The molecule has 116 valence electrons. The lowest BCUT2D eigenvalue weighted by Gasteiger charge is -2.12. The first-order chi connectivity index (χ1) is 10.9. The third kappa shape index (κ3) is 2.44. The molecule has 2 heterocycles. The van der Waals surface area contributed by atoms with Gasteiger partial charge in [-0.2, -0.15) is 0 Å². The fourth-order valence-corrected chi connectivity index (χ4v) is 2.20. The van der Waals surface area contributed by atoms with Crippen LogP contribution in [0.3, 0.4) is 0 Å². The molecule has 0 saturated heterocycles. The highest BCUT2D eigenvalue weighted by Gasteiger charge is 2.18. The molecule has 0 bridgehead atoms. The Morgan fingerprint density at radius 2 is 1.87 bits per heavy atom. The Hall–Kier alpha value is -3.16. The van der Waals surface area contributed by atoms with E-state index in [1.807, 2.05) is 0 Å². The van der Waals surface area contributed by atoms with Gasteiger partial charge in [0.25, 0.3) is 0 Å². The summed E-state index contributed by atoms with van der Waals surface area (Å²) in [5.41, 5.74) is -2.00. The summed E-state index contributed by atoms with van der Waals surface area (Å²) in [5, 5.41) is 8.77. The van der Waals surface area contributed by atoms with Crippen LogP contribution >= 0.6 is 0 Å². The SMILES string of the molecule is O=C(O)c1cn(-c2ccc(F)cc2F)c2ncc(F)cc2c1=O. The Morgan fingerprint density at radius 1 is 1.13 bits per heavy atom. The minimum atomic E-state index is -1.56. The number of aromatic nitrogens is 2. The van der Waals surface area contributed by atoms with Gasteiger partial charge >= 0.3 is 5.97 Å². The molecule has 0 saturated carbocycles. The average Bonchev–Trinajstić information content (AvgIpc) is 2.48. The third-order valence-electron chi connectivity index (χ3n) is 3.21. The maximum absolute atomic E-state index is 14.0. The van der Waals surface area contributed by atoms with E-state index < -0.39 is 34.4 Å². The van der Waals surface area contributed by atoms with Gasteiger partial charge in [0.05, 0.1) is 17.3 Å². The molecular formula is C15H7F3N2O3. The minimum absolute atomic E-state index is 0.146. The van der Waals surface area contributed by atoms with E-state index in [-0.39, 0.29) is 16.7 Å². The van der Waals surface area contributed by atoms with Crippen molar-refractivity contribution >= 4 is 17.0 Å². The summed E-state index contributed by atoms with van der Waals surface area (Å²) < 4.78 is 41.3. The van der Waals surface area contributed by atoms with Crippen molar-refractivity contribution in [3.63, 3.8) is 0 Å². The Labute approximate surface area is 126 Å². The van der Waals surface area contributed by atoms with Crippen molar-refractivity contribution in [1.29, 1.82) is 0 Å². The fraction of sp³-hybridized carbons (Fsp3) is 0. The lowest BCUT2D eigenvalue weighted by atomic mass is 10.1. The van der Waals surface area contributed by atoms with Crippen molar-refractivity contribution in [3.8, 4) is 5.69 Å². The van der Waals surface area contributed by atoms with Crippen LogP contribution in [-0.4, -0.2) is 20.6 Å². The fourth-order valence-electron chi connectivity index (χ4n) is 2.20. The summed E-state index contributed by atoms with van der Waals surface area (Å²) in [6.07, 6.45) is 1.67. The van der Waals surface area contributed by atoms with Gasteiger partial charge in [-0.3, -0.25) is 9.36 Å². The number of aromatic carboxylic acids is 1. The van der Waals surface area contributed by atoms with Gasteiger partial charge in [0.15, 0.2) is 0 Å². The highest BCUT2D eigenvalue weighted by Crippen LogP contribution is 2.20. The van der Waals surface area contributed by atoms with Crippen LogP contribution in [0.4, 0.5) is 13.2 Å². The van der Waals surface area contributed by atoms with Crippen LogP contribution in [-0.2, 0) is 0 Å². The summed E-state index contributed by atoms with van der Waals surface area (Å²) in [6, 6.07) is 3.44. The maximum atomic E-state index is 14.0. The summed E-state index contributed by atoms with van der Waals surface area (Å²) in [4.78, 5) is 27.0. The number of nitrogens with zero attached hydrogens (tertiary/aromatic N) is 2. The van der Waals surface area contributed by atoms with Gasteiger partial charge in [0.2, 0.25) is 5.43 Å². The van der Waals surface area contributed by atoms with Crippen molar-refractivity contribution in [2.45, 2.75) is 0 Å². The van der Waals surface area contributed by atoms with Crippen LogP contribution in [0.5, 0.6) is 0 Å². The zero-order chi connectivity index (χ0) is 16.7. The molecule has 2 aromatic heterocycles. The number of carboxylic acid groups (broad SMARTS) is 1. The van der Waals surface area contributed by atoms with Gasteiger partial charge in [0, 0.05) is 12.3 Å². The van der Waals surface area contributed by atoms with Crippen molar-refractivity contribution in [1.82, 2.24) is 9.55 Å². The van der Waals surface area contributed by atoms with E-state index in [2.05, 4.69) is 4.98 Å². The van der Waals surface area contributed by atoms with E-state index in [1.165, 1.54) is 0 Å². The highest BCUT2D eigenvalue weighted by molar-refractivity contribution is 5.92. The van der Waals surface area contributed by atoms with Gasteiger partial charge in [-0.1, -0.05) is 0 Å². The molecule has 0 spiro atoms. The Kier molecular flexibility index (Phi) is 3.36. The van der Waals surface area contributed by atoms with E-state index in [1.54, 1.807) is 0 Å². The molecule has 3 aromatic rings. The molecule has 0 unspecified atom stereocenters. The number of hydrogen-bond acceptors (Lipinski definition) is 3. The molecule has 0 amide bonds. The lowest BCUT2D eigenvalue weighted by molar-refractivity contribution is 0.0695. The number of rotatable bonds is 2. The molecule has 8 heteroatoms. The molecule has 0 aliphatic rings. The lowest BCUT2D eigenvalue weighted by Crippen LogP contribution is -2.19. The number of benzene rings is 1. The Balaban J connectivity index is 2.47. The number of halogens is 3. The first kappa shape index (κ1) is 14.8. The average molecular weight is 320 g/mol. The molecule has 23 heavy (non-hydrogen) atoms. The smallest absolute Gasteiger partial charge is 0.341 e. The molecule has 5 nitrogen and oxygen atoms in total. The largest absolute Gasteiger partial charge is 0.477 e. The second-order valence-electron chi connectivity index (χ2n) is 4.67. The predicted molar refractivity (Wildman–Crippen MR) is 74.2 cm³/mol. The summed E-state index contributed by atoms with van der Waals surface area (Å²) in [5.74, 6) is -4.22. The molecule has 0 fully saturated rings. The second kappa shape index (κ2) is 5.24. The highest BCUT2D eigenvalue weighted by atomic mass is 19.1. The molecule has 0 aliphatic heterocycles. The minimum Gasteiger partial charge on any atom is -0.477 e. The standard InChI is InChI=1S/C15H7F3N2O3/c16-7-1-2-12(11(18)4-7)20-6-10(15(22)23)13(21)9-3-8(17)5-19-14(9)20/h1-6H,(H,22,23). The molecule has 0 atom stereocenters. The van der Waals surface area contributed by atoms with E-state index in [0.29, 0.717) is 6.07 Å². The number of hydrogen-bond donors (Lipinski definition) is 1. The molecule has 1 N–H and O–H groups in total. The third-order valence-corrected chi connectivity index (χ3v) is 3.21. The normalized spacial score (nSPS) is 10.9. The molecule has 3 rings (SSSR count). The Morgan fingerprint density at radius 3 is 2.52 bits per heavy atom. The van der Waals surface area contributed by atoms with Crippen LogP contribution < -0.4 is 5.43 Å². The predicted octanol–water partition coefficient (Wildman–Crippen LogP) is 2.50. The van der Waals surface area contributed by atoms with Crippen molar-refractivity contribution in [2.24, 2.45) is 0 Å².